The topological polar surface area (TPSA) is 62.0 Å². The molecule has 0 radical (unpaired) electrons. The van der Waals surface area contributed by atoms with Crippen LogP contribution in [-0.2, 0) is 4.79 Å². The first-order valence-corrected chi connectivity index (χ1v) is 5.73. The molecule has 2 aromatic rings. The molecule has 4 nitrogen and oxygen atoms in total. The number of para-hydroxylation sites is 1. The van der Waals surface area contributed by atoms with E-state index in [0.29, 0.717) is 11.9 Å². The molecular formula is C13H13FN2O2. The van der Waals surface area contributed by atoms with Crippen LogP contribution in [0.3, 0.4) is 0 Å². The van der Waals surface area contributed by atoms with Crippen LogP contribution in [0.2, 0.25) is 0 Å². The fourth-order valence-corrected chi connectivity index (χ4v) is 1.75. The number of fused-ring (bicyclic) bond motifs is 1. The van der Waals surface area contributed by atoms with Gasteiger partial charge in [-0.3, -0.25) is 9.59 Å². The SMILES string of the molecule is CCCNC(=O)C(=O)c1c[nH]c2c(F)cccc12. The van der Waals surface area contributed by atoms with E-state index in [-0.39, 0.29) is 11.1 Å². The smallest absolute Gasteiger partial charge is 0.292 e. The number of hydrogen-bond donors (Lipinski definition) is 2. The van der Waals surface area contributed by atoms with Crippen LogP contribution in [0, 0.1) is 5.82 Å². The minimum Gasteiger partial charge on any atom is -0.358 e. The Hall–Kier alpha value is -2.17. The summed E-state index contributed by atoms with van der Waals surface area (Å²) in [6, 6.07) is 4.41. The highest BCUT2D eigenvalue weighted by molar-refractivity contribution is 6.44. The van der Waals surface area contributed by atoms with Gasteiger partial charge in [0, 0.05) is 18.1 Å². The molecule has 0 saturated heterocycles. The lowest BCUT2D eigenvalue weighted by Gasteiger charge is -2.01. The van der Waals surface area contributed by atoms with Crippen molar-refractivity contribution in [2.75, 3.05) is 6.54 Å². The predicted molar refractivity (Wildman–Crippen MR) is 65.9 cm³/mol. The zero-order valence-electron chi connectivity index (χ0n) is 9.92. The molecule has 0 bridgehead atoms. The van der Waals surface area contributed by atoms with E-state index in [4.69, 9.17) is 0 Å². The Morgan fingerprint density at radius 1 is 1.39 bits per heavy atom. The number of aromatic nitrogens is 1. The second-order valence-corrected chi connectivity index (χ2v) is 3.95. The molecule has 0 atom stereocenters. The van der Waals surface area contributed by atoms with Gasteiger partial charge < -0.3 is 10.3 Å². The molecule has 0 unspecified atom stereocenters. The Bertz CT molecular complexity index is 604. The fourth-order valence-electron chi connectivity index (χ4n) is 1.75. The van der Waals surface area contributed by atoms with Crippen LogP contribution in [0.15, 0.2) is 24.4 Å². The van der Waals surface area contributed by atoms with Gasteiger partial charge in [0.05, 0.1) is 11.1 Å². The van der Waals surface area contributed by atoms with E-state index >= 15 is 0 Å². The molecule has 1 aromatic carbocycles. The fraction of sp³-hybridized carbons (Fsp3) is 0.231. The van der Waals surface area contributed by atoms with Crippen molar-refractivity contribution in [3.8, 4) is 0 Å². The number of ketones is 1. The summed E-state index contributed by atoms with van der Waals surface area (Å²) in [5.74, 6) is -1.76. The Morgan fingerprint density at radius 3 is 2.89 bits per heavy atom. The minimum absolute atomic E-state index is 0.193. The molecule has 0 spiro atoms. The summed E-state index contributed by atoms with van der Waals surface area (Å²) in [4.78, 5) is 26.1. The highest BCUT2D eigenvalue weighted by atomic mass is 19.1. The maximum absolute atomic E-state index is 13.4. The van der Waals surface area contributed by atoms with Gasteiger partial charge in [0.15, 0.2) is 0 Å². The van der Waals surface area contributed by atoms with Crippen LogP contribution in [0.4, 0.5) is 4.39 Å². The third-order valence-corrected chi connectivity index (χ3v) is 2.65. The second kappa shape index (κ2) is 5.00. The number of H-pyrrole nitrogens is 1. The lowest BCUT2D eigenvalue weighted by Crippen LogP contribution is -2.31. The molecule has 1 heterocycles. The number of amides is 1. The normalized spacial score (nSPS) is 10.6. The Balaban J connectivity index is 2.34. The lowest BCUT2D eigenvalue weighted by atomic mass is 10.1. The number of hydrogen-bond acceptors (Lipinski definition) is 2. The molecule has 5 heteroatoms. The molecule has 1 aromatic heterocycles. The molecule has 0 aliphatic heterocycles. The van der Waals surface area contributed by atoms with Gasteiger partial charge in [0.2, 0.25) is 0 Å². The third-order valence-electron chi connectivity index (χ3n) is 2.65. The zero-order valence-corrected chi connectivity index (χ0v) is 9.92. The van der Waals surface area contributed by atoms with E-state index in [0.717, 1.165) is 6.42 Å². The van der Waals surface area contributed by atoms with Crippen LogP contribution in [-0.4, -0.2) is 23.2 Å². The van der Waals surface area contributed by atoms with Gasteiger partial charge in [0.1, 0.15) is 5.82 Å². The van der Waals surface area contributed by atoms with E-state index in [1.54, 1.807) is 6.07 Å². The predicted octanol–water partition coefficient (Wildman–Crippen LogP) is 2.02. The van der Waals surface area contributed by atoms with Crippen LogP contribution in [0.1, 0.15) is 23.7 Å². The van der Waals surface area contributed by atoms with Crippen molar-refractivity contribution >= 4 is 22.6 Å². The number of benzene rings is 1. The summed E-state index contributed by atoms with van der Waals surface area (Å²) < 4.78 is 13.4. The number of Topliss-reactive ketones (excluding diaryl/α,β-unsaturated/α-hetero) is 1. The molecule has 2 N–H and O–H groups in total. The maximum Gasteiger partial charge on any atom is 0.292 e. The van der Waals surface area contributed by atoms with Gasteiger partial charge >= 0.3 is 0 Å². The number of carbonyl (C=O) groups is 2. The third kappa shape index (κ3) is 2.11. The average molecular weight is 248 g/mol. The summed E-state index contributed by atoms with van der Waals surface area (Å²) in [5.41, 5.74) is 0.433. The van der Waals surface area contributed by atoms with Crippen molar-refractivity contribution in [2.45, 2.75) is 13.3 Å². The average Bonchev–Trinajstić information content (AvgIpc) is 2.80. The molecule has 0 saturated carbocycles. The second-order valence-electron chi connectivity index (χ2n) is 3.95. The Morgan fingerprint density at radius 2 is 2.17 bits per heavy atom. The van der Waals surface area contributed by atoms with Crippen LogP contribution in [0.5, 0.6) is 0 Å². The van der Waals surface area contributed by atoms with E-state index in [1.165, 1.54) is 18.3 Å². The Labute approximate surface area is 103 Å². The van der Waals surface area contributed by atoms with Gasteiger partial charge in [-0.2, -0.15) is 0 Å². The van der Waals surface area contributed by atoms with Crippen LogP contribution < -0.4 is 5.32 Å². The van der Waals surface area contributed by atoms with Gasteiger partial charge in [-0.15, -0.1) is 0 Å². The Kier molecular flexibility index (Phi) is 3.41. The van der Waals surface area contributed by atoms with E-state index < -0.39 is 17.5 Å². The van der Waals surface area contributed by atoms with Gasteiger partial charge in [-0.1, -0.05) is 19.1 Å². The molecule has 2 rings (SSSR count). The molecule has 0 fully saturated rings. The first-order valence-electron chi connectivity index (χ1n) is 5.73. The van der Waals surface area contributed by atoms with E-state index in [1.807, 2.05) is 6.92 Å². The minimum atomic E-state index is -0.665. The van der Waals surface area contributed by atoms with Gasteiger partial charge in [-0.25, -0.2) is 4.39 Å². The first kappa shape index (κ1) is 12.3. The number of halogens is 1. The first-order chi connectivity index (χ1) is 8.65. The van der Waals surface area contributed by atoms with Crippen LogP contribution in [0.25, 0.3) is 10.9 Å². The number of nitrogens with one attached hydrogen (secondary N) is 2. The summed E-state index contributed by atoms with van der Waals surface area (Å²) in [6.45, 7) is 2.34. The highest BCUT2D eigenvalue weighted by Gasteiger charge is 2.20. The van der Waals surface area contributed by atoms with Crippen molar-refractivity contribution in [3.05, 3.63) is 35.8 Å². The summed E-state index contributed by atoms with van der Waals surface area (Å²) >= 11 is 0. The van der Waals surface area contributed by atoms with Crippen LogP contribution >= 0.6 is 0 Å². The maximum atomic E-state index is 13.4. The lowest BCUT2D eigenvalue weighted by molar-refractivity contribution is -0.116. The van der Waals surface area contributed by atoms with Crippen molar-refractivity contribution in [3.63, 3.8) is 0 Å². The van der Waals surface area contributed by atoms with Crippen molar-refractivity contribution < 1.29 is 14.0 Å². The molecule has 18 heavy (non-hydrogen) atoms. The van der Waals surface area contributed by atoms with E-state index in [2.05, 4.69) is 10.3 Å². The highest BCUT2D eigenvalue weighted by Crippen LogP contribution is 2.21. The largest absolute Gasteiger partial charge is 0.358 e. The van der Waals surface area contributed by atoms with Crippen molar-refractivity contribution in [1.29, 1.82) is 0 Å². The monoisotopic (exact) mass is 248 g/mol. The quantitative estimate of drug-likeness (QED) is 0.642. The summed E-state index contributed by atoms with van der Waals surface area (Å²) in [6.07, 6.45) is 2.11. The van der Waals surface area contributed by atoms with Crippen molar-refractivity contribution in [2.24, 2.45) is 0 Å². The molecule has 0 aliphatic carbocycles. The number of carbonyl (C=O) groups excluding carboxylic acids is 2. The summed E-state index contributed by atoms with van der Waals surface area (Å²) in [7, 11) is 0. The standard InChI is InChI=1S/C13H13FN2O2/c1-2-6-15-13(18)12(17)9-7-16-11-8(9)4-3-5-10(11)14/h3-5,7,16H,2,6H2,1H3,(H,15,18). The number of aromatic amines is 1. The molecule has 94 valence electrons. The molecule has 0 aliphatic rings. The molecular weight excluding hydrogens is 235 g/mol. The van der Waals surface area contributed by atoms with Gasteiger partial charge in [-0.05, 0) is 12.5 Å². The number of rotatable bonds is 4. The summed E-state index contributed by atoms with van der Waals surface area (Å²) in [5, 5.41) is 2.93. The van der Waals surface area contributed by atoms with Gasteiger partial charge in [0.25, 0.3) is 11.7 Å². The molecule has 1 amide bonds. The van der Waals surface area contributed by atoms with Crippen molar-refractivity contribution in [1.82, 2.24) is 10.3 Å². The zero-order chi connectivity index (χ0) is 13.1. The van der Waals surface area contributed by atoms with E-state index in [9.17, 15) is 14.0 Å².